The molecule has 8 heteroatoms. The SMILES string of the molecule is NC(=O)C1CCN(C(=O)c2cccc(-c3cccc(C(F)(F)F)n3)c2)CC1. The van der Waals surface area contributed by atoms with Gasteiger partial charge >= 0.3 is 6.18 Å². The van der Waals surface area contributed by atoms with Crippen LogP contribution >= 0.6 is 0 Å². The molecule has 0 aliphatic carbocycles. The Labute approximate surface area is 154 Å². The number of carbonyl (C=O) groups excluding carboxylic acids is 2. The van der Waals surface area contributed by atoms with Gasteiger partial charge in [0, 0.05) is 30.1 Å². The van der Waals surface area contributed by atoms with Crippen LogP contribution in [0.2, 0.25) is 0 Å². The molecule has 142 valence electrons. The van der Waals surface area contributed by atoms with E-state index in [-0.39, 0.29) is 23.4 Å². The van der Waals surface area contributed by atoms with Gasteiger partial charge in [0.05, 0.1) is 5.69 Å². The standard InChI is InChI=1S/C19H18F3N3O2/c20-19(21,22)16-6-2-5-15(24-16)13-3-1-4-14(11-13)18(27)25-9-7-12(8-10-25)17(23)26/h1-6,11-12H,7-10H2,(H2,23,26). The number of amides is 2. The number of piperidine rings is 1. The van der Waals surface area contributed by atoms with Crippen LogP contribution in [-0.2, 0) is 11.0 Å². The first-order chi connectivity index (χ1) is 12.8. The molecule has 1 aliphatic rings. The summed E-state index contributed by atoms with van der Waals surface area (Å²) in [6.07, 6.45) is -3.51. The quantitative estimate of drug-likeness (QED) is 0.893. The number of benzene rings is 1. The summed E-state index contributed by atoms with van der Waals surface area (Å²) in [4.78, 5) is 29.2. The molecule has 2 amide bonds. The summed E-state index contributed by atoms with van der Waals surface area (Å²) in [6, 6.07) is 10.0. The van der Waals surface area contributed by atoms with Gasteiger partial charge in [0.1, 0.15) is 5.69 Å². The minimum Gasteiger partial charge on any atom is -0.369 e. The number of primary amides is 1. The van der Waals surface area contributed by atoms with E-state index >= 15 is 0 Å². The zero-order valence-corrected chi connectivity index (χ0v) is 14.4. The van der Waals surface area contributed by atoms with Gasteiger partial charge in [0.2, 0.25) is 5.91 Å². The molecule has 3 rings (SSSR count). The number of halogens is 3. The minimum atomic E-state index is -4.53. The predicted octanol–water partition coefficient (Wildman–Crippen LogP) is 3.10. The highest BCUT2D eigenvalue weighted by Crippen LogP contribution is 2.29. The van der Waals surface area contributed by atoms with Crippen LogP contribution < -0.4 is 5.73 Å². The maximum atomic E-state index is 12.9. The zero-order chi connectivity index (χ0) is 19.6. The normalized spacial score (nSPS) is 15.6. The highest BCUT2D eigenvalue weighted by Gasteiger charge is 2.32. The van der Waals surface area contributed by atoms with Crippen molar-refractivity contribution in [2.45, 2.75) is 19.0 Å². The molecule has 0 radical (unpaired) electrons. The summed E-state index contributed by atoms with van der Waals surface area (Å²) in [7, 11) is 0. The Morgan fingerprint density at radius 1 is 1.07 bits per heavy atom. The molecule has 0 atom stereocenters. The maximum Gasteiger partial charge on any atom is 0.433 e. The molecule has 0 spiro atoms. The Morgan fingerprint density at radius 2 is 1.74 bits per heavy atom. The van der Waals surface area contributed by atoms with Crippen molar-refractivity contribution in [1.29, 1.82) is 0 Å². The van der Waals surface area contributed by atoms with Crippen LogP contribution in [-0.4, -0.2) is 34.8 Å². The van der Waals surface area contributed by atoms with Crippen molar-refractivity contribution in [1.82, 2.24) is 9.88 Å². The van der Waals surface area contributed by atoms with Crippen molar-refractivity contribution in [3.8, 4) is 11.3 Å². The fraction of sp³-hybridized carbons (Fsp3) is 0.316. The number of pyridine rings is 1. The lowest BCUT2D eigenvalue weighted by molar-refractivity contribution is -0.141. The topological polar surface area (TPSA) is 76.3 Å². The molecule has 1 fully saturated rings. The van der Waals surface area contributed by atoms with Gasteiger partial charge in [0.15, 0.2) is 0 Å². The molecule has 1 aliphatic heterocycles. The van der Waals surface area contributed by atoms with Crippen LogP contribution in [0.3, 0.4) is 0 Å². The summed E-state index contributed by atoms with van der Waals surface area (Å²) in [5.41, 5.74) is 5.26. The van der Waals surface area contributed by atoms with E-state index in [1.54, 1.807) is 23.1 Å². The van der Waals surface area contributed by atoms with Gasteiger partial charge in [0.25, 0.3) is 5.91 Å². The summed E-state index contributed by atoms with van der Waals surface area (Å²) in [5.74, 6) is -0.818. The molecule has 27 heavy (non-hydrogen) atoms. The number of rotatable bonds is 3. The molecule has 1 aromatic heterocycles. The molecule has 5 nitrogen and oxygen atoms in total. The van der Waals surface area contributed by atoms with Crippen molar-refractivity contribution in [2.24, 2.45) is 11.7 Å². The van der Waals surface area contributed by atoms with E-state index in [0.717, 1.165) is 6.07 Å². The Balaban J connectivity index is 1.80. The number of aromatic nitrogens is 1. The van der Waals surface area contributed by atoms with Crippen molar-refractivity contribution in [3.05, 3.63) is 53.7 Å². The van der Waals surface area contributed by atoms with Crippen LogP contribution in [0.1, 0.15) is 28.9 Å². The second-order valence-electron chi connectivity index (χ2n) is 6.46. The summed E-state index contributed by atoms with van der Waals surface area (Å²) < 4.78 is 38.6. The largest absolute Gasteiger partial charge is 0.433 e. The number of hydrogen-bond acceptors (Lipinski definition) is 3. The first-order valence-corrected chi connectivity index (χ1v) is 8.49. The number of hydrogen-bond donors (Lipinski definition) is 1. The molecule has 0 unspecified atom stereocenters. The zero-order valence-electron chi connectivity index (χ0n) is 14.4. The Morgan fingerprint density at radius 3 is 2.37 bits per heavy atom. The Hall–Kier alpha value is -2.90. The van der Waals surface area contributed by atoms with Gasteiger partial charge in [-0.2, -0.15) is 13.2 Å². The molecular formula is C19H18F3N3O2. The molecule has 2 aromatic rings. The monoisotopic (exact) mass is 377 g/mol. The Bertz CT molecular complexity index is 859. The lowest BCUT2D eigenvalue weighted by Crippen LogP contribution is -2.41. The fourth-order valence-electron chi connectivity index (χ4n) is 3.11. The third kappa shape index (κ3) is 4.27. The number of carbonyl (C=O) groups is 2. The van der Waals surface area contributed by atoms with Crippen LogP contribution in [0.5, 0.6) is 0 Å². The molecular weight excluding hydrogens is 359 g/mol. The van der Waals surface area contributed by atoms with E-state index in [1.807, 2.05) is 0 Å². The maximum absolute atomic E-state index is 12.9. The highest BCUT2D eigenvalue weighted by atomic mass is 19.4. The van der Waals surface area contributed by atoms with Crippen LogP contribution in [0, 0.1) is 5.92 Å². The number of likely N-dealkylation sites (tertiary alicyclic amines) is 1. The fourth-order valence-corrected chi connectivity index (χ4v) is 3.11. The van der Waals surface area contributed by atoms with Gasteiger partial charge in [-0.3, -0.25) is 9.59 Å². The number of nitrogens with zero attached hydrogens (tertiary/aromatic N) is 2. The van der Waals surface area contributed by atoms with Gasteiger partial charge in [-0.1, -0.05) is 18.2 Å². The van der Waals surface area contributed by atoms with Crippen molar-refractivity contribution in [3.63, 3.8) is 0 Å². The molecule has 1 aromatic carbocycles. The van der Waals surface area contributed by atoms with Gasteiger partial charge in [-0.25, -0.2) is 4.98 Å². The summed E-state index contributed by atoms with van der Waals surface area (Å²) in [5, 5.41) is 0. The molecule has 2 heterocycles. The lowest BCUT2D eigenvalue weighted by Gasteiger charge is -2.30. The summed E-state index contributed by atoms with van der Waals surface area (Å²) in [6.45, 7) is 0.830. The van der Waals surface area contributed by atoms with Crippen molar-refractivity contribution < 1.29 is 22.8 Å². The van der Waals surface area contributed by atoms with Gasteiger partial charge < -0.3 is 10.6 Å². The lowest BCUT2D eigenvalue weighted by atomic mass is 9.95. The molecule has 2 N–H and O–H groups in total. The van der Waals surface area contributed by atoms with Gasteiger partial charge in [-0.05, 0) is 37.1 Å². The average Bonchev–Trinajstić information content (AvgIpc) is 2.67. The average molecular weight is 377 g/mol. The molecule has 0 saturated carbocycles. The highest BCUT2D eigenvalue weighted by molar-refractivity contribution is 5.95. The van der Waals surface area contributed by atoms with Crippen molar-refractivity contribution >= 4 is 11.8 Å². The first-order valence-electron chi connectivity index (χ1n) is 8.49. The van der Waals surface area contributed by atoms with E-state index in [1.165, 1.54) is 18.2 Å². The third-order valence-electron chi connectivity index (χ3n) is 4.63. The second kappa shape index (κ2) is 7.38. The van der Waals surface area contributed by atoms with Crippen LogP contribution in [0.4, 0.5) is 13.2 Å². The second-order valence-corrected chi connectivity index (χ2v) is 6.46. The predicted molar refractivity (Wildman–Crippen MR) is 92.5 cm³/mol. The van der Waals surface area contributed by atoms with E-state index in [9.17, 15) is 22.8 Å². The van der Waals surface area contributed by atoms with Crippen LogP contribution in [0.15, 0.2) is 42.5 Å². The number of alkyl halides is 3. The van der Waals surface area contributed by atoms with E-state index in [2.05, 4.69) is 4.98 Å². The van der Waals surface area contributed by atoms with Gasteiger partial charge in [-0.15, -0.1) is 0 Å². The molecule has 1 saturated heterocycles. The van der Waals surface area contributed by atoms with Crippen LogP contribution in [0.25, 0.3) is 11.3 Å². The first kappa shape index (κ1) is 18.9. The van der Waals surface area contributed by atoms with E-state index < -0.39 is 11.9 Å². The van der Waals surface area contributed by atoms with E-state index in [4.69, 9.17) is 5.73 Å². The Kier molecular flexibility index (Phi) is 5.16. The third-order valence-corrected chi connectivity index (χ3v) is 4.63. The molecule has 0 bridgehead atoms. The minimum absolute atomic E-state index is 0.145. The summed E-state index contributed by atoms with van der Waals surface area (Å²) >= 11 is 0. The smallest absolute Gasteiger partial charge is 0.369 e. The van der Waals surface area contributed by atoms with E-state index in [0.29, 0.717) is 37.1 Å². The number of nitrogens with two attached hydrogens (primary N) is 1. The van der Waals surface area contributed by atoms with Crippen molar-refractivity contribution in [2.75, 3.05) is 13.1 Å².